The molecule has 1 unspecified atom stereocenters. The monoisotopic (exact) mass is 706 g/mol. The van der Waals surface area contributed by atoms with E-state index in [1.54, 1.807) is 48.5 Å². The van der Waals surface area contributed by atoms with Gasteiger partial charge in [0.25, 0.3) is 22.2 Å². The Hall–Kier alpha value is -5.16. The Morgan fingerprint density at radius 2 is 0.804 bits per heavy atom. The van der Waals surface area contributed by atoms with Gasteiger partial charge in [-0.1, -0.05) is 38.1 Å². The second-order valence-electron chi connectivity index (χ2n) is 13.2. The lowest BCUT2D eigenvalue weighted by atomic mass is 10.0. The highest BCUT2D eigenvalue weighted by atomic mass is 16.5. The van der Waals surface area contributed by atoms with E-state index in [2.05, 4.69) is 33.4 Å². The molecular weight excluding hydrogens is 660 g/mol. The summed E-state index contributed by atoms with van der Waals surface area (Å²) >= 11 is 0. The Bertz CT molecular complexity index is 2020. The molecule has 0 radical (unpaired) electrons. The predicted molar refractivity (Wildman–Crippen MR) is 186 cm³/mol. The maximum Gasteiger partial charge on any atom is 0.283 e. The van der Waals surface area contributed by atoms with Gasteiger partial charge in [-0.2, -0.15) is 18.9 Å². The third kappa shape index (κ3) is 9.35. The molecule has 1 atom stereocenters. The summed E-state index contributed by atoms with van der Waals surface area (Å²) in [6.45, 7) is 8.38. The summed E-state index contributed by atoms with van der Waals surface area (Å²) < 4.78 is 2.55. The molecule has 0 bridgehead atoms. The molecule has 0 amide bonds. The molecule has 0 aromatic carbocycles. The third-order valence-corrected chi connectivity index (χ3v) is 9.41. The number of nitrogens with zero attached hydrogens (tertiary/aromatic N) is 8. The van der Waals surface area contributed by atoms with Gasteiger partial charge in [-0.05, 0) is 30.2 Å². The number of pyridine rings is 4. The average Bonchev–Trinajstić information content (AvgIpc) is 3.09. The van der Waals surface area contributed by atoms with Crippen molar-refractivity contribution in [3.05, 3.63) is 137 Å². The fourth-order valence-corrected chi connectivity index (χ4v) is 6.46. The summed E-state index contributed by atoms with van der Waals surface area (Å²) in [6.07, 6.45) is 0. The van der Waals surface area contributed by atoms with E-state index in [1.807, 2.05) is 0 Å². The molecule has 0 spiro atoms. The fourth-order valence-electron chi connectivity index (χ4n) is 6.46. The largest absolute Gasteiger partial charge is 0.425 e. The summed E-state index contributed by atoms with van der Waals surface area (Å²) in [5, 5.41) is 42.3. The summed E-state index contributed by atoms with van der Waals surface area (Å²) in [5.41, 5.74) is -0.590. The van der Waals surface area contributed by atoms with Crippen molar-refractivity contribution in [1.29, 1.82) is 0 Å². The number of hydrogen-bond donors (Lipinski definition) is 4. The van der Waals surface area contributed by atoms with Crippen molar-refractivity contribution in [2.24, 2.45) is 5.92 Å². The molecule has 51 heavy (non-hydrogen) atoms. The van der Waals surface area contributed by atoms with E-state index in [-0.39, 0.29) is 38.1 Å². The Kier molecular flexibility index (Phi) is 12.1. The van der Waals surface area contributed by atoms with Gasteiger partial charge in [0.1, 0.15) is 0 Å². The highest BCUT2D eigenvalue weighted by molar-refractivity contribution is 5.09. The molecule has 5 rings (SSSR count). The zero-order valence-electron chi connectivity index (χ0n) is 28.9. The molecule has 1 saturated heterocycles. The zero-order valence-corrected chi connectivity index (χ0v) is 28.9. The number of rotatable bonds is 9. The first-order valence-corrected chi connectivity index (χ1v) is 16.9. The molecule has 1 fully saturated rings. The van der Waals surface area contributed by atoms with E-state index in [9.17, 15) is 40.0 Å². The van der Waals surface area contributed by atoms with Crippen molar-refractivity contribution in [1.82, 2.24) is 38.5 Å². The van der Waals surface area contributed by atoms with E-state index in [0.29, 0.717) is 87.5 Å². The first-order valence-electron chi connectivity index (χ1n) is 16.9. The van der Waals surface area contributed by atoms with E-state index >= 15 is 0 Å². The summed E-state index contributed by atoms with van der Waals surface area (Å²) in [4.78, 5) is 57.7. The van der Waals surface area contributed by atoms with Crippen molar-refractivity contribution in [3.8, 4) is 0 Å². The summed E-state index contributed by atoms with van der Waals surface area (Å²) in [6, 6.07) is 18.1. The van der Waals surface area contributed by atoms with Crippen LogP contribution in [0.15, 0.2) is 92.0 Å². The molecule has 0 aliphatic carbocycles. The van der Waals surface area contributed by atoms with Crippen molar-refractivity contribution in [2.45, 2.75) is 46.1 Å². The van der Waals surface area contributed by atoms with Crippen LogP contribution in [-0.4, -0.2) is 111 Å². The minimum Gasteiger partial charge on any atom is -0.425 e. The Balaban J connectivity index is 1.53. The molecule has 4 N–H and O–H groups in total. The maximum absolute atomic E-state index is 12.4. The molecule has 1 aliphatic rings. The lowest BCUT2D eigenvalue weighted by Crippen LogP contribution is -2.52. The van der Waals surface area contributed by atoms with Crippen LogP contribution in [0.2, 0.25) is 0 Å². The van der Waals surface area contributed by atoms with Gasteiger partial charge in [0, 0.05) is 102 Å². The van der Waals surface area contributed by atoms with Crippen molar-refractivity contribution >= 4 is 0 Å². The van der Waals surface area contributed by atoms with Gasteiger partial charge in [0.15, 0.2) is 0 Å². The Labute approximate surface area is 293 Å². The molecule has 16 nitrogen and oxygen atoms in total. The van der Waals surface area contributed by atoms with E-state index < -0.39 is 22.2 Å². The van der Waals surface area contributed by atoms with Crippen molar-refractivity contribution in [3.63, 3.8) is 0 Å². The minimum absolute atomic E-state index is 0.0690. The van der Waals surface area contributed by atoms with Crippen LogP contribution in [0.3, 0.4) is 0 Å². The molecule has 4 aromatic rings. The van der Waals surface area contributed by atoms with Crippen LogP contribution in [0, 0.1) is 5.92 Å². The maximum atomic E-state index is 12.4. The van der Waals surface area contributed by atoms with Gasteiger partial charge in [-0.15, -0.1) is 0 Å². The first-order chi connectivity index (χ1) is 24.4. The van der Waals surface area contributed by atoms with E-state index in [1.165, 1.54) is 24.3 Å². The topological polar surface area (TPSA) is 182 Å². The summed E-state index contributed by atoms with van der Waals surface area (Å²) in [5.74, 6) is 0.0690. The highest BCUT2D eigenvalue weighted by Gasteiger charge is 2.28. The minimum atomic E-state index is -0.549. The zero-order chi connectivity index (χ0) is 36.7. The quantitative estimate of drug-likeness (QED) is 0.179. The predicted octanol–water partition coefficient (Wildman–Crippen LogP) is 0.629. The van der Waals surface area contributed by atoms with Crippen LogP contribution < -0.4 is 22.2 Å². The Morgan fingerprint density at radius 1 is 0.490 bits per heavy atom. The van der Waals surface area contributed by atoms with Gasteiger partial charge >= 0.3 is 0 Å². The molecular formula is C35H46N8O8. The normalized spacial score (nSPS) is 17.7. The molecule has 4 aromatic heterocycles. The standard InChI is InChI=1S/C35H46N8O8/c1-26(2)31-25-38(23-29-9-5-13-34(46)42(29)50)18-17-36(21-27-7-3-11-32(44)40(27)48)15-16-37(22-28-8-4-12-33(45)41(28)49)19-20-39(31)24-30-10-6-14-35(47)43(30)51/h3-14,26,31,48-51H,15-25H2,1-2H3. The van der Waals surface area contributed by atoms with Crippen LogP contribution in [0.1, 0.15) is 36.6 Å². The van der Waals surface area contributed by atoms with Gasteiger partial charge < -0.3 is 20.8 Å². The van der Waals surface area contributed by atoms with Gasteiger partial charge in [-0.3, -0.25) is 38.8 Å². The Morgan fingerprint density at radius 3 is 1.18 bits per heavy atom. The van der Waals surface area contributed by atoms with Crippen LogP contribution in [0.4, 0.5) is 0 Å². The number of aromatic nitrogens is 4. The van der Waals surface area contributed by atoms with Gasteiger partial charge in [0.2, 0.25) is 0 Å². The number of hydrogen-bond acceptors (Lipinski definition) is 12. The summed E-state index contributed by atoms with van der Waals surface area (Å²) in [7, 11) is 0. The second-order valence-corrected chi connectivity index (χ2v) is 13.2. The molecule has 274 valence electrons. The highest BCUT2D eigenvalue weighted by Crippen LogP contribution is 2.19. The van der Waals surface area contributed by atoms with Crippen LogP contribution in [0.25, 0.3) is 0 Å². The van der Waals surface area contributed by atoms with Crippen LogP contribution in [0.5, 0.6) is 0 Å². The molecule has 0 saturated carbocycles. The van der Waals surface area contributed by atoms with Gasteiger partial charge in [-0.25, -0.2) is 0 Å². The first kappa shape index (κ1) is 37.1. The van der Waals surface area contributed by atoms with Crippen molar-refractivity contribution < 1.29 is 20.8 Å². The van der Waals surface area contributed by atoms with Crippen molar-refractivity contribution in [2.75, 3.05) is 45.8 Å². The lowest BCUT2D eigenvalue weighted by Gasteiger charge is -2.40. The molecule has 1 aliphatic heterocycles. The van der Waals surface area contributed by atoms with Crippen LogP contribution >= 0.6 is 0 Å². The second kappa shape index (κ2) is 16.7. The third-order valence-electron chi connectivity index (χ3n) is 9.41. The SMILES string of the molecule is CC(C)C1CN(Cc2cccc(=O)n2O)CCN(Cc2cccc(=O)n2O)CCN(Cc2cccc(=O)n2O)CCN1Cc1cccc(=O)n1O. The molecule has 5 heterocycles. The van der Waals surface area contributed by atoms with E-state index in [0.717, 1.165) is 0 Å². The smallest absolute Gasteiger partial charge is 0.283 e. The van der Waals surface area contributed by atoms with Gasteiger partial charge in [0.05, 0.1) is 22.8 Å². The lowest BCUT2D eigenvalue weighted by molar-refractivity contribution is 0.0518. The molecule has 16 heteroatoms. The van der Waals surface area contributed by atoms with Crippen LogP contribution in [-0.2, 0) is 26.2 Å². The fraction of sp³-hybridized carbons (Fsp3) is 0.429. The van der Waals surface area contributed by atoms with E-state index in [4.69, 9.17) is 0 Å². The average molecular weight is 707 g/mol.